The molecule has 2 aromatic carbocycles. The Morgan fingerprint density at radius 3 is 2.38 bits per heavy atom. The zero-order chi connectivity index (χ0) is 16.7. The number of para-hydroxylation sites is 2. The van der Waals surface area contributed by atoms with Crippen LogP contribution in [0.2, 0.25) is 5.02 Å². The highest BCUT2D eigenvalue weighted by Gasteiger charge is 2.22. The second-order valence-electron chi connectivity index (χ2n) is 6.17. The molecule has 0 radical (unpaired) electrons. The van der Waals surface area contributed by atoms with Crippen LogP contribution in [-0.4, -0.2) is 28.4 Å². The molecule has 0 aliphatic rings. The van der Waals surface area contributed by atoms with Gasteiger partial charge in [0, 0.05) is 11.2 Å². The van der Waals surface area contributed by atoms with E-state index < -0.39 is 0 Å². The van der Waals surface area contributed by atoms with Gasteiger partial charge in [0.2, 0.25) is 0 Å². The Morgan fingerprint density at radius 1 is 0.917 bits per heavy atom. The maximum absolute atomic E-state index is 6.06. The molecule has 4 aromatic rings. The van der Waals surface area contributed by atoms with Crippen molar-refractivity contribution in [3.63, 3.8) is 0 Å². The molecule has 0 bridgehead atoms. The summed E-state index contributed by atoms with van der Waals surface area (Å²) in [6.07, 6.45) is 2.09. The molecule has 0 saturated heterocycles. The molecule has 0 N–H and O–H groups in total. The largest absolute Gasteiger partial charge is 0.313 e. The Kier molecular flexibility index (Phi) is 3.75. The van der Waals surface area contributed by atoms with Gasteiger partial charge in [0.1, 0.15) is 0 Å². The van der Waals surface area contributed by atoms with E-state index in [0.717, 1.165) is 27.3 Å². The maximum atomic E-state index is 6.06. The smallest absolute Gasteiger partial charge is 0.0875 e. The minimum Gasteiger partial charge on any atom is -0.313 e. The first-order valence-electron chi connectivity index (χ1n) is 7.93. The monoisotopic (exact) mass is 335 g/mol. The molecule has 0 aliphatic heterocycles. The molecule has 120 valence electrons. The molecule has 0 spiro atoms. The van der Waals surface area contributed by atoms with Crippen LogP contribution in [0.25, 0.3) is 16.6 Å². The number of halogens is 1. The summed E-state index contributed by atoms with van der Waals surface area (Å²) in [7, 11) is 4.16. The van der Waals surface area contributed by atoms with E-state index in [9.17, 15) is 0 Å². The van der Waals surface area contributed by atoms with Crippen molar-refractivity contribution in [3.8, 4) is 0 Å². The second kappa shape index (κ2) is 5.93. The van der Waals surface area contributed by atoms with Crippen molar-refractivity contribution in [1.82, 2.24) is 14.3 Å². The zero-order valence-electron chi connectivity index (χ0n) is 13.6. The lowest BCUT2D eigenvalue weighted by Gasteiger charge is -2.25. The highest BCUT2D eigenvalue weighted by atomic mass is 35.5. The van der Waals surface area contributed by atoms with Gasteiger partial charge in [-0.2, -0.15) is 0 Å². The van der Waals surface area contributed by atoms with Gasteiger partial charge in [0.05, 0.1) is 28.3 Å². The Hall–Kier alpha value is -2.36. The van der Waals surface area contributed by atoms with Crippen molar-refractivity contribution < 1.29 is 0 Å². The Morgan fingerprint density at radius 2 is 1.62 bits per heavy atom. The van der Waals surface area contributed by atoms with E-state index in [2.05, 4.69) is 66.0 Å². The van der Waals surface area contributed by atoms with Crippen LogP contribution in [0.15, 0.2) is 66.9 Å². The van der Waals surface area contributed by atoms with Gasteiger partial charge >= 0.3 is 0 Å². The van der Waals surface area contributed by atoms with Crippen LogP contribution in [-0.2, 0) is 0 Å². The van der Waals surface area contributed by atoms with Crippen molar-refractivity contribution in [2.45, 2.75) is 6.04 Å². The van der Waals surface area contributed by atoms with Gasteiger partial charge in [0.25, 0.3) is 0 Å². The third kappa shape index (κ3) is 2.46. The fourth-order valence-electron chi connectivity index (χ4n) is 3.30. The summed E-state index contributed by atoms with van der Waals surface area (Å²) in [5.41, 5.74) is 5.47. The molecular formula is C20H18ClN3. The van der Waals surface area contributed by atoms with Gasteiger partial charge in [-0.25, -0.2) is 4.98 Å². The fourth-order valence-corrected chi connectivity index (χ4v) is 3.42. The average Bonchev–Trinajstić information content (AvgIpc) is 3.07. The number of aromatic nitrogens is 2. The molecule has 0 aliphatic carbocycles. The number of nitrogens with zero attached hydrogens (tertiary/aromatic N) is 3. The van der Waals surface area contributed by atoms with Gasteiger partial charge < -0.3 is 4.40 Å². The van der Waals surface area contributed by atoms with Gasteiger partial charge in [-0.05, 0) is 56.1 Å². The number of benzene rings is 2. The average molecular weight is 336 g/mol. The lowest BCUT2D eigenvalue weighted by Crippen LogP contribution is -2.23. The minimum atomic E-state index is 0.0595. The van der Waals surface area contributed by atoms with Crippen molar-refractivity contribution in [2.75, 3.05) is 14.1 Å². The highest BCUT2D eigenvalue weighted by molar-refractivity contribution is 6.30. The topological polar surface area (TPSA) is 20.5 Å². The number of hydrogen-bond donors (Lipinski definition) is 0. The lowest BCUT2D eigenvalue weighted by molar-refractivity contribution is 0.338. The SMILES string of the molecule is CN(C)C(c1ccc(Cl)cc1)c1nc2ccccc2n2cccc12. The van der Waals surface area contributed by atoms with E-state index in [0.29, 0.717) is 0 Å². The fraction of sp³-hybridized carbons (Fsp3) is 0.150. The molecule has 1 unspecified atom stereocenters. The summed E-state index contributed by atoms with van der Waals surface area (Å²) in [5.74, 6) is 0. The van der Waals surface area contributed by atoms with Crippen LogP contribution in [0.1, 0.15) is 17.3 Å². The van der Waals surface area contributed by atoms with E-state index in [-0.39, 0.29) is 6.04 Å². The van der Waals surface area contributed by atoms with Gasteiger partial charge in [-0.15, -0.1) is 0 Å². The molecule has 0 saturated carbocycles. The van der Waals surface area contributed by atoms with Crippen LogP contribution in [0, 0.1) is 0 Å². The quantitative estimate of drug-likeness (QED) is 0.536. The Bertz CT molecular complexity index is 1000. The summed E-state index contributed by atoms with van der Waals surface area (Å²) in [6, 6.07) is 20.5. The van der Waals surface area contributed by atoms with Crippen LogP contribution in [0.5, 0.6) is 0 Å². The molecule has 0 fully saturated rings. The first-order chi connectivity index (χ1) is 11.6. The highest BCUT2D eigenvalue weighted by Crippen LogP contribution is 2.31. The number of rotatable bonds is 3. The van der Waals surface area contributed by atoms with Crippen molar-refractivity contribution in [2.24, 2.45) is 0 Å². The van der Waals surface area contributed by atoms with Crippen LogP contribution < -0.4 is 0 Å². The molecule has 1 atom stereocenters. The van der Waals surface area contributed by atoms with Crippen molar-refractivity contribution >= 4 is 28.2 Å². The van der Waals surface area contributed by atoms with E-state index >= 15 is 0 Å². The van der Waals surface area contributed by atoms with Crippen molar-refractivity contribution in [1.29, 1.82) is 0 Å². The van der Waals surface area contributed by atoms with E-state index in [1.807, 2.05) is 24.3 Å². The third-order valence-corrected chi connectivity index (χ3v) is 4.61. The van der Waals surface area contributed by atoms with E-state index in [4.69, 9.17) is 16.6 Å². The van der Waals surface area contributed by atoms with Crippen LogP contribution in [0.4, 0.5) is 0 Å². The standard InChI is InChI=1S/C20H18ClN3/c1-23(2)20(14-9-11-15(21)12-10-14)19-18-8-5-13-24(18)17-7-4-3-6-16(17)22-19/h3-13,20H,1-2H3. The van der Waals surface area contributed by atoms with Crippen molar-refractivity contribution in [3.05, 3.63) is 83.1 Å². The summed E-state index contributed by atoms with van der Waals surface area (Å²) >= 11 is 6.06. The summed E-state index contributed by atoms with van der Waals surface area (Å²) in [5, 5.41) is 0.746. The van der Waals surface area contributed by atoms with Crippen LogP contribution in [0.3, 0.4) is 0 Å². The molecule has 24 heavy (non-hydrogen) atoms. The second-order valence-corrected chi connectivity index (χ2v) is 6.60. The Balaban J connectivity index is 2.00. The molecule has 2 aromatic heterocycles. The molecule has 4 heteroatoms. The Labute approximate surface area is 146 Å². The maximum Gasteiger partial charge on any atom is 0.0875 e. The molecule has 0 amide bonds. The lowest BCUT2D eigenvalue weighted by atomic mass is 10.0. The summed E-state index contributed by atoms with van der Waals surface area (Å²) in [4.78, 5) is 7.19. The zero-order valence-corrected chi connectivity index (χ0v) is 14.4. The van der Waals surface area contributed by atoms with Gasteiger partial charge in [-0.3, -0.25) is 4.90 Å². The molecule has 4 rings (SSSR count). The van der Waals surface area contributed by atoms with Gasteiger partial charge in [0.15, 0.2) is 0 Å². The number of fused-ring (bicyclic) bond motifs is 3. The summed E-state index contributed by atoms with van der Waals surface area (Å²) in [6.45, 7) is 0. The third-order valence-electron chi connectivity index (χ3n) is 4.35. The first kappa shape index (κ1) is 15.2. The minimum absolute atomic E-state index is 0.0595. The van der Waals surface area contributed by atoms with E-state index in [1.54, 1.807) is 0 Å². The predicted octanol–water partition coefficient (Wildman–Crippen LogP) is 4.79. The first-order valence-corrected chi connectivity index (χ1v) is 8.30. The predicted molar refractivity (Wildman–Crippen MR) is 99.7 cm³/mol. The number of hydrogen-bond acceptors (Lipinski definition) is 2. The molecule has 3 nitrogen and oxygen atoms in total. The van der Waals surface area contributed by atoms with Gasteiger partial charge in [-0.1, -0.05) is 35.9 Å². The van der Waals surface area contributed by atoms with E-state index in [1.165, 1.54) is 5.56 Å². The molecular weight excluding hydrogens is 318 g/mol. The van der Waals surface area contributed by atoms with Crippen LogP contribution >= 0.6 is 11.6 Å². The molecule has 2 heterocycles. The summed E-state index contributed by atoms with van der Waals surface area (Å²) < 4.78 is 2.21. The normalized spacial score (nSPS) is 13.0.